The summed E-state index contributed by atoms with van der Waals surface area (Å²) in [5, 5.41) is 11.5. The molecule has 1 heterocycles. The van der Waals surface area contributed by atoms with Crippen molar-refractivity contribution in [3.8, 4) is 0 Å². The second-order valence-electron chi connectivity index (χ2n) is 7.69. The van der Waals surface area contributed by atoms with Gasteiger partial charge in [-0.05, 0) is 31.3 Å². The Kier molecular flexibility index (Phi) is 6.34. The normalized spacial score (nSPS) is 24.2. The zero-order valence-electron chi connectivity index (χ0n) is 18.0. The molecule has 3 atom stereocenters. The molecule has 1 aliphatic heterocycles. The molecule has 0 radical (unpaired) electrons. The number of sulfonamides is 1. The average Bonchev–Trinajstić information content (AvgIpc) is 3.06. The molecule has 34 heavy (non-hydrogen) atoms. The number of ether oxygens (including phenoxy) is 1. The summed E-state index contributed by atoms with van der Waals surface area (Å²) in [7, 11) is -1.89. The van der Waals surface area contributed by atoms with Crippen molar-refractivity contribution >= 4 is 50.8 Å². The number of carbonyl (C=O) groups excluding carboxylic acids is 1. The number of hydrogen-bond acceptors (Lipinski definition) is 6. The minimum Gasteiger partial charge on any atom is -0.478 e. The number of anilines is 1. The predicted molar refractivity (Wildman–Crippen MR) is 129 cm³/mol. The fraction of sp³-hybridized carbons (Fsp3) is 0.217. The molecule has 2 N–H and O–H groups in total. The third-order valence-corrected chi connectivity index (χ3v) is 8.62. The summed E-state index contributed by atoms with van der Waals surface area (Å²) in [5.74, 6) is -2.30. The van der Waals surface area contributed by atoms with Gasteiger partial charge in [0, 0.05) is 28.3 Å². The number of amides is 1. The van der Waals surface area contributed by atoms with Gasteiger partial charge in [-0.1, -0.05) is 59.6 Å². The maximum atomic E-state index is 14.1. The minimum absolute atomic E-state index is 0.0396. The number of fused-ring (bicyclic) bond motifs is 1. The van der Waals surface area contributed by atoms with E-state index in [1.54, 1.807) is 24.3 Å². The number of aliphatic carboxylic acids is 1. The van der Waals surface area contributed by atoms with E-state index in [-0.39, 0.29) is 21.3 Å². The van der Waals surface area contributed by atoms with Crippen LogP contribution in [0, 0.1) is 0 Å². The minimum atomic E-state index is -4.66. The highest BCUT2D eigenvalue weighted by atomic mass is 35.5. The number of likely N-dealkylation sites (N-methyl/N-ethyl adjacent to an activating group) is 1. The first-order valence-electron chi connectivity index (χ1n) is 10.1. The number of carbonyl (C=O) groups is 2. The van der Waals surface area contributed by atoms with Crippen LogP contribution in [-0.4, -0.2) is 50.9 Å². The smallest absolute Gasteiger partial charge is 0.333 e. The van der Waals surface area contributed by atoms with Gasteiger partial charge in [-0.25, -0.2) is 17.5 Å². The molecule has 11 heteroatoms. The number of halogens is 2. The van der Waals surface area contributed by atoms with Crippen LogP contribution in [0.3, 0.4) is 0 Å². The topological polar surface area (TPSA) is 113 Å². The number of rotatable bonds is 6. The van der Waals surface area contributed by atoms with Gasteiger partial charge in [0.05, 0.1) is 17.4 Å². The number of carboxylic acids is 1. The zero-order chi connectivity index (χ0) is 24.8. The molecule has 1 aliphatic carbocycles. The van der Waals surface area contributed by atoms with Crippen LogP contribution >= 0.6 is 23.2 Å². The van der Waals surface area contributed by atoms with Gasteiger partial charge in [0.2, 0.25) is 0 Å². The number of methoxy groups -OCH3 is 1. The number of nitrogens with one attached hydrogen (secondary N) is 1. The Bertz CT molecular complexity index is 1360. The number of hydrogen-bond donors (Lipinski definition) is 2. The van der Waals surface area contributed by atoms with Gasteiger partial charge in [0.1, 0.15) is 5.25 Å². The second kappa shape index (κ2) is 8.83. The second-order valence-corrected chi connectivity index (χ2v) is 10.4. The number of carboxylic acid groups (broad SMARTS) is 1. The standard InChI is InChI=1S/C23H20Cl2N2O6S/c1-26-23(15-7-3-4-8-17(15)25)16-12-13(24)10-11-18(16)27(22(23)30)34(31,32)20-14(21(28)29)6-5-9-19(20)33-2/h3-12,19-20,26H,1-2H3,(H,28,29). The first kappa shape index (κ1) is 24.4. The molecule has 0 saturated carbocycles. The third kappa shape index (κ3) is 3.47. The van der Waals surface area contributed by atoms with E-state index in [1.165, 1.54) is 50.6 Å². The summed E-state index contributed by atoms with van der Waals surface area (Å²) in [6.45, 7) is 0. The van der Waals surface area contributed by atoms with E-state index in [2.05, 4.69) is 5.32 Å². The molecule has 3 unspecified atom stereocenters. The Morgan fingerprint density at radius 2 is 1.88 bits per heavy atom. The monoisotopic (exact) mass is 522 g/mol. The molecule has 8 nitrogen and oxygen atoms in total. The summed E-state index contributed by atoms with van der Waals surface area (Å²) in [5.41, 5.74) is -1.47. The molecule has 2 aromatic rings. The van der Waals surface area contributed by atoms with Crippen LogP contribution in [0.15, 0.2) is 66.3 Å². The lowest BCUT2D eigenvalue weighted by Crippen LogP contribution is -2.55. The maximum absolute atomic E-state index is 14.1. The largest absolute Gasteiger partial charge is 0.478 e. The molecular formula is C23H20Cl2N2O6S. The van der Waals surface area contributed by atoms with E-state index in [4.69, 9.17) is 27.9 Å². The van der Waals surface area contributed by atoms with Crippen molar-refractivity contribution in [2.75, 3.05) is 18.5 Å². The SMILES string of the molecule is CNC1(c2ccccc2Cl)C(=O)N(S(=O)(=O)C2C(C(=O)O)=CC=CC2OC)c2ccc(Cl)cc21. The number of benzene rings is 2. The molecule has 2 aromatic carbocycles. The molecule has 1 amide bonds. The highest BCUT2D eigenvalue weighted by Crippen LogP contribution is 2.49. The van der Waals surface area contributed by atoms with E-state index in [0.717, 1.165) is 0 Å². The molecule has 0 spiro atoms. The molecule has 0 fully saturated rings. The lowest BCUT2D eigenvalue weighted by Gasteiger charge is -2.32. The molecule has 0 bridgehead atoms. The first-order valence-corrected chi connectivity index (χ1v) is 12.3. The zero-order valence-corrected chi connectivity index (χ0v) is 20.4. The van der Waals surface area contributed by atoms with Gasteiger partial charge in [-0.3, -0.25) is 10.1 Å². The van der Waals surface area contributed by atoms with Crippen molar-refractivity contribution in [3.05, 3.63) is 87.4 Å². The maximum Gasteiger partial charge on any atom is 0.333 e. The van der Waals surface area contributed by atoms with Crippen molar-refractivity contribution in [1.29, 1.82) is 0 Å². The molecular weight excluding hydrogens is 503 g/mol. The Morgan fingerprint density at radius 1 is 1.18 bits per heavy atom. The third-order valence-electron chi connectivity index (χ3n) is 6.02. The van der Waals surface area contributed by atoms with E-state index in [0.29, 0.717) is 9.87 Å². The Labute approximate surface area is 206 Å². The van der Waals surface area contributed by atoms with Crippen molar-refractivity contribution in [3.63, 3.8) is 0 Å². The molecule has 178 valence electrons. The van der Waals surface area contributed by atoms with Gasteiger partial charge < -0.3 is 9.84 Å². The molecule has 0 aromatic heterocycles. The Hall–Kier alpha value is -2.69. The van der Waals surface area contributed by atoms with Crippen molar-refractivity contribution in [2.45, 2.75) is 16.9 Å². The van der Waals surface area contributed by atoms with Gasteiger partial charge in [0.15, 0.2) is 5.54 Å². The molecule has 0 saturated heterocycles. The number of allylic oxidation sites excluding steroid dienone is 2. The van der Waals surface area contributed by atoms with Crippen LogP contribution < -0.4 is 9.62 Å². The Morgan fingerprint density at radius 3 is 2.50 bits per heavy atom. The summed E-state index contributed by atoms with van der Waals surface area (Å²) in [4.78, 5) is 26.0. The van der Waals surface area contributed by atoms with Crippen LogP contribution in [-0.2, 0) is 29.9 Å². The summed E-state index contributed by atoms with van der Waals surface area (Å²) < 4.78 is 34.0. The first-order chi connectivity index (χ1) is 16.1. The molecule has 2 aliphatic rings. The summed E-state index contributed by atoms with van der Waals surface area (Å²) >= 11 is 12.7. The highest BCUT2D eigenvalue weighted by molar-refractivity contribution is 7.94. The van der Waals surface area contributed by atoms with Gasteiger partial charge in [0.25, 0.3) is 15.9 Å². The van der Waals surface area contributed by atoms with Crippen LogP contribution in [0.2, 0.25) is 10.0 Å². The molecule has 4 rings (SSSR count). The average molecular weight is 523 g/mol. The van der Waals surface area contributed by atoms with Crippen LogP contribution in [0.25, 0.3) is 0 Å². The Balaban J connectivity index is 2.00. The number of nitrogens with zero attached hydrogens (tertiary/aromatic N) is 1. The van der Waals surface area contributed by atoms with Crippen molar-refractivity contribution in [1.82, 2.24) is 5.32 Å². The van der Waals surface area contributed by atoms with E-state index < -0.39 is 44.4 Å². The van der Waals surface area contributed by atoms with Crippen molar-refractivity contribution < 1.29 is 27.9 Å². The quantitative estimate of drug-likeness (QED) is 0.599. The van der Waals surface area contributed by atoms with Gasteiger partial charge in [-0.15, -0.1) is 0 Å². The van der Waals surface area contributed by atoms with Gasteiger partial charge >= 0.3 is 5.97 Å². The van der Waals surface area contributed by atoms with E-state index >= 15 is 0 Å². The van der Waals surface area contributed by atoms with E-state index in [1.807, 2.05) is 0 Å². The predicted octanol–water partition coefficient (Wildman–Crippen LogP) is 3.10. The fourth-order valence-electron chi connectivity index (χ4n) is 4.50. The van der Waals surface area contributed by atoms with Crippen molar-refractivity contribution in [2.24, 2.45) is 0 Å². The summed E-state index contributed by atoms with van der Waals surface area (Å²) in [6, 6.07) is 10.9. The lowest BCUT2D eigenvalue weighted by atomic mass is 9.84. The van der Waals surface area contributed by atoms with Crippen LogP contribution in [0.5, 0.6) is 0 Å². The van der Waals surface area contributed by atoms with Crippen LogP contribution in [0.4, 0.5) is 5.69 Å². The van der Waals surface area contributed by atoms with Crippen LogP contribution in [0.1, 0.15) is 11.1 Å². The van der Waals surface area contributed by atoms with E-state index in [9.17, 15) is 23.1 Å². The lowest BCUT2D eigenvalue weighted by molar-refractivity contribution is -0.133. The highest BCUT2D eigenvalue weighted by Gasteiger charge is 2.58. The van der Waals surface area contributed by atoms with Gasteiger partial charge in [-0.2, -0.15) is 0 Å². The summed E-state index contributed by atoms with van der Waals surface area (Å²) in [6.07, 6.45) is 2.89. The fourth-order valence-corrected chi connectivity index (χ4v) is 7.02.